The van der Waals surface area contributed by atoms with Gasteiger partial charge in [0.1, 0.15) is 11.9 Å². The second kappa shape index (κ2) is 4.51. The van der Waals surface area contributed by atoms with E-state index in [2.05, 4.69) is 26.2 Å². The number of nitriles is 1. The minimum absolute atomic E-state index is 0.151. The molecule has 0 radical (unpaired) electrons. The molecule has 2 aromatic heterocycles. The van der Waals surface area contributed by atoms with Gasteiger partial charge in [0.15, 0.2) is 5.65 Å². The molecule has 0 amide bonds. The molecule has 7 heteroatoms. The number of nitrogens with two attached hydrogens (primary N) is 1. The second-order valence-corrected chi connectivity index (χ2v) is 4.23. The summed E-state index contributed by atoms with van der Waals surface area (Å²) in [5.41, 5.74) is 7.58. The van der Waals surface area contributed by atoms with Crippen molar-refractivity contribution in [2.45, 2.75) is 0 Å². The van der Waals surface area contributed by atoms with Crippen LogP contribution in [0.4, 0.5) is 17.5 Å². The minimum atomic E-state index is 0.151. The van der Waals surface area contributed by atoms with Gasteiger partial charge >= 0.3 is 0 Å². The van der Waals surface area contributed by atoms with Gasteiger partial charge in [0.05, 0.1) is 22.8 Å². The molecule has 2 heterocycles. The minimum Gasteiger partial charge on any atom is -0.368 e. The van der Waals surface area contributed by atoms with Crippen molar-refractivity contribution in [1.82, 2.24) is 20.2 Å². The van der Waals surface area contributed by atoms with E-state index in [1.54, 1.807) is 17.2 Å². The Hall–Kier alpha value is -3.14. The van der Waals surface area contributed by atoms with Crippen LogP contribution in [0.25, 0.3) is 11.0 Å². The maximum atomic E-state index is 9.19. The maximum Gasteiger partial charge on any atom is 0.224 e. The van der Waals surface area contributed by atoms with E-state index in [0.29, 0.717) is 17.0 Å². The summed E-state index contributed by atoms with van der Waals surface area (Å²) in [4.78, 5) is 10.1. The molecule has 98 valence electrons. The molecule has 0 saturated carbocycles. The number of hydrogen-bond donors (Lipinski definition) is 2. The van der Waals surface area contributed by atoms with Crippen molar-refractivity contribution in [2.24, 2.45) is 0 Å². The summed E-state index contributed by atoms with van der Waals surface area (Å²) in [5.74, 6) is 0.752. The summed E-state index contributed by atoms with van der Waals surface area (Å²) < 4.78 is 0. The van der Waals surface area contributed by atoms with Gasteiger partial charge in [0, 0.05) is 7.05 Å². The van der Waals surface area contributed by atoms with Gasteiger partial charge in [-0.2, -0.15) is 20.3 Å². The van der Waals surface area contributed by atoms with Crippen LogP contribution in [-0.2, 0) is 0 Å². The number of benzene rings is 1. The first-order valence-corrected chi connectivity index (χ1v) is 5.90. The van der Waals surface area contributed by atoms with Gasteiger partial charge in [0.25, 0.3) is 0 Å². The first-order chi connectivity index (χ1) is 9.70. The Morgan fingerprint density at radius 1 is 1.30 bits per heavy atom. The SMILES string of the molecule is CN(c1ccccc1C#N)c1nc(N)nc2[nH]ncc12. The van der Waals surface area contributed by atoms with Crippen LogP contribution in [0.2, 0.25) is 0 Å². The lowest BCUT2D eigenvalue weighted by Gasteiger charge is -2.20. The number of hydrogen-bond acceptors (Lipinski definition) is 6. The molecule has 0 spiro atoms. The first kappa shape index (κ1) is 11.9. The molecule has 0 bridgehead atoms. The van der Waals surface area contributed by atoms with Crippen molar-refractivity contribution < 1.29 is 0 Å². The summed E-state index contributed by atoms with van der Waals surface area (Å²) in [6.07, 6.45) is 1.63. The third kappa shape index (κ3) is 1.80. The van der Waals surface area contributed by atoms with Gasteiger partial charge < -0.3 is 10.6 Å². The highest BCUT2D eigenvalue weighted by Crippen LogP contribution is 2.30. The van der Waals surface area contributed by atoms with Crippen LogP contribution in [0.15, 0.2) is 30.5 Å². The number of rotatable bonds is 2. The Morgan fingerprint density at radius 2 is 2.10 bits per heavy atom. The van der Waals surface area contributed by atoms with E-state index in [9.17, 15) is 5.26 Å². The highest BCUT2D eigenvalue weighted by molar-refractivity contribution is 5.90. The van der Waals surface area contributed by atoms with Gasteiger partial charge in [-0.25, -0.2) is 0 Å². The van der Waals surface area contributed by atoms with Crippen LogP contribution in [-0.4, -0.2) is 27.2 Å². The smallest absolute Gasteiger partial charge is 0.224 e. The van der Waals surface area contributed by atoms with Gasteiger partial charge in [-0.3, -0.25) is 5.10 Å². The predicted octanol–water partition coefficient (Wildman–Crippen LogP) is 1.57. The lowest BCUT2D eigenvalue weighted by molar-refractivity contribution is 1.08. The number of nitrogens with zero attached hydrogens (tertiary/aromatic N) is 5. The molecule has 0 atom stereocenters. The number of aromatic nitrogens is 4. The molecule has 0 aliphatic heterocycles. The van der Waals surface area contributed by atoms with Gasteiger partial charge in [-0.15, -0.1) is 0 Å². The molecule has 3 rings (SSSR count). The van der Waals surface area contributed by atoms with Crippen LogP contribution in [0.5, 0.6) is 0 Å². The van der Waals surface area contributed by atoms with Crippen LogP contribution < -0.4 is 10.6 Å². The van der Waals surface area contributed by atoms with E-state index in [1.807, 2.05) is 25.2 Å². The Kier molecular flexibility index (Phi) is 2.69. The number of H-pyrrole nitrogens is 1. The number of nitrogen functional groups attached to an aromatic ring is 1. The van der Waals surface area contributed by atoms with E-state index >= 15 is 0 Å². The predicted molar refractivity (Wildman–Crippen MR) is 75.3 cm³/mol. The lowest BCUT2D eigenvalue weighted by Crippen LogP contribution is -2.14. The van der Waals surface area contributed by atoms with E-state index in [0.717, 1.165) is 11.1 Å². The lowest BCUT2D eigenvalue weighted by atomic mass is 10.2. The molecule has 0 unspecified atom stereocenters. The first-order valence-electron chi connectivity index (χ1n) is 5.90. The molecular weight excluding hydrogens is 254 g/mol. The van der Waals surface area contributed by atoms with E-state index in [-0.39, 0.29) is 5.95 Å². The fourth-order valence-electron chi connectivity index (χ4n) is 2.07. The van der Waals surface area contributed by atoms with Gasteiger partial charge in [0.2, 0.25) is 5.95 Å². The Balaban J connectivity index is 2.20. The summed E-state index contributed by atoms with van der Waals surface area (Å²) in [7, 11) is 1.82. The number of aromatic amines is 1. The van der Waals surface area contributed by atoms with Crippen LogP contribution in [0, 0.1) is 11.3 Å². The fourth-order valence-corrected chi connectivity index (χ4v) is 2.07. The van der Waals surface area contributed by atoms with Crippen LogP contribution >= 0.6 is 0 Å². The molecule has 0 saturated heterocycles. The van der Waals surface area contributed by atoms with E-state index in [1.165, 1.54) is 0 Å². The van der Waals surface area contributed by atoms with E-state index < -0.39 is 0 Å². The van der Waals surface area contributed by atoms with Crippen molar-refractivity contribution in [3.63, 3.8) is 0 Å². The molecular formula is C13H11N7. The zero-order valence-electron chi connectivity index (χ0n) is 10.7. The van der Waals surface area contributed by atoms with Crippen molar-refractivity contribution in [3.05, 3.63) is 36.0 Å². The maximum absolute atomic E-state index is 9.19. The second-order valence-electron chi connectivity index (χ2n) is 4.23. The Bertz CT molecular complexity index is 815. The van der Waals surface area contributed by atoms with Gasteiger partial charge in [-0.05, 0) is 12.1 Å². The van der Waals surface area contributed by atoms with Crippen molar-refractivity contribution in [1.29, 1.82) is 5.26 Å². The highest BCUT2D eigenvalue weighted by Gasteiger charge is 2.15. The normalized spacial score (nSPS) is 10.4. The number of para-hydroxylation sites is 1. The summed E-state index contributed by atoms with van der Waals surface area (Å²) >= 11 is 0. The van der Waals surface area contributed by atoms with Gasteiger partial charge in [-0.1, -0.05) is 12.1 Å². The average molecular weight is 265 g/mol. The summed E-state index contributed by atoms with van der Waals surface area (Å²) in [5, 5.41) is 16.6. The molecule has 20 heavy (non-hydrogen) atoms. The van der Waals surface area contributed by atoms with Crippen LogP contribution in [0.3, 0.4) is 0 Å². The summed E-state index contributed by atoms with van der Waals surface area (Å²) in [6.45, 7) is 0. The summed E-state index contributed by atoms with van der Waals surface area (Å²) in [6, 6.07) is 9.45. The molecule has 0 fully saturated rings. The number of nitrogens with one attached hydrogen (secondary N) is 1. The third-order valence-electron chi connectivity index (χ3n) is 3.01. The van der Waals surface area contributed by atoms with Crippen LogP contribution in [0.1, 0.15) is 5.56 Å². The molecule has 7 nitrogen and oxygen atoms in total. The highest BCUT2D eigenvalue weighted by atomic mass is 15.2. The standard InChI is InChI=1S/C13H11N7/c1-20(10-5-3-2-4-8(10)6-14)12-9-7-16-19-11(9)17-13(15)18-12/h2-5,7H,1H3,(H3,15,16,17,18,19). The Labute approximate surface area is 114 Å². The van der Waals surface area contributed by atoms with Crippen molar-refractivity contribution in [3.8, 4) is 6.07 Å². The monoisotopic (exact) mass is 265 g/mol. The van der Waals surface area contributed by atoms with Crippen molar-refractivity contribution in [2.75, 3.05) is 17.7 Å². The average Bonchev–Trinajstić information content (AvgIpc) is 2.93. The molecule has 3 aromatic rings. The third-order valence-corrected chi connectivity index (χ3v) is 3.01. The fraction of sp³-hybridized carbons (Fsp3) is 0.0769. The topological polar surface area (TPSA) is 108 Å². The zero-order chi connectivity index (χ0) is 14.1. The number of fused-ring (bicyclic) bond motifs is 1. The molecule has 3 N–H and O–H groups in total. The zero-order valence-corrected chi connectivity index (χ0v) is 10.7. The molecule has 0 aliphatic carbocycles. The number of anilines is 3. The van der Waals surface area contributed by atoms with E-state index in [4.69, 9.17) is 5.73 Å². The largest absolute Gasteiger partial charge is 0.368 e. The Morgan fingerprint density at radius 3 is 2.90 bits per heavy atom. The molecule has 1 aromatic carbocycles. The van der Waals surface area contributed by atoms with Crippen molar-refractivity contribution >= 4 is 28.5 Å². The quantitative estimate of drug-likeness (QED) is 0.728. The molecule has 0 aliphatic rings.